The van der Waals surface area contributed by atoms with Crippen molar-refractivity contribution in [3.63, 3.8) is 0 Å². The van der Waals surface area contributed by atoms with E-state index in [1.54, 1.807) is 46.5 Å². The number of aryl methyl sites for hydroxylation is 1. The zero-order valence-electron chi connectivity index (χ0n) is 55.8. The first-order valence-electron chi connectivity index (χ1n) is 33.2. The summed E-state index contributed by atoms with van der Waals surface area (Å²) in [5.41, 5.74) is 12.1. The molecule has 0 unspecified atom stereocenters. The van der Waals surface area contributed by atoms with Gasteiger partial charge in [0, 0.05) is 109 Å². The van der Waals surface area contributed by atoms with Crippen LogP contribution in [0.4, 0.5) is 5.95 Å². The largest absolute Gasteiger partial charge is 0.461 e. The number of allylic oxidation sites excluding steroid dienone is 5. The first-order chi connectivity index (χ1) is 43.5. The molecule has 2 bridgehead atoms. The summed E-state index contributed by atoms with van der Waals surface area (Å²) in [5.74, 6) is -7.62. The van der Waals surface area contributed by atoms with Gasteiger partial charge in [-0.3, -0.25) is 24.0 Å². The molecule has 6 rings (SSSR count). The summed E-state index contributed by atoms with van der Waals surface area (Å²) in [7, 11) is 4.54. The Balaban J connectivity index is 1.18. The van der Waals surface area contributed by atoms with E-state index >= 15 is 0 Å². The van der Waals surface area contributed by atoms with E-state index in [0.29, 0.717) is 128 Å². The second kappa shape index (κ2) is 36.5. The number of carbonyl (C=O) groups excluding carboxylic acids is 6. The molecule has 3 saturated heterocycles. The van der Waals surface area contributed by atoms with Crippen molar-refractivity contribution >= 4 is 41.3 Å². The van der Waals surface area contributed by atoms with Crippen LogP contribution in [0.1, 0.15) is 157 Å². The molecule has 1 saturated carbocycles. The van der Waals surface area contributed by atoms with Crippen molar-refractivity contribution in [2.45, 2.75) is 219 Å². The summed E-state index contributed by atoms with van der Waals surface area (Å²) in [6.45, 7) is 18.3. The molecule has 0 radical (unpaired) electrons. The van der Waals surface area contributed by atoms with Crippen molar-refractivity contribution in [2.75, 3.05) is 72.2 Å². The number of anilines is 1. The molecule has 0 spiro atoms. The molecule has 5 aliphatic rings. The first kappa shape index (κ1) is 74.1. The number of cyclic esters (lactones) is 1. The van der Waals surface area contributed by atoms with Gasteiger partial charge in [-0.05, 0) is 143 Å². The van der Waals surface area contributed by atoms with Gasteiger partial charge in [0.1, 0.15) is 30.5 Å². The van der Waals surface area contributed by atoms with Crippen molar-refractivity contribution in [3.05, 3.63) is 76.0 Å². The molecule has 1 aromatic heterocycles. The third kappa shape index (κ3) is 21.0. The number of ketones is 2. The summed E-state index contributed by atoms with van der Waals surface area (Å²) in [6.07, 6.45) is 16.1. The number of methoxy groups -OCH3 is 3. The first-order valence-corrected chi connectivity index (χ1v) is 33.2. The Hall–Kier alpha value is -5.91. The third-order valence-electron chi connectivity index (χ3n) is 19.2. The predicted molar refractivity (Wildman–Crippen MR) is 342 cm³/mol. The van der Waals surface area contributed by atoms with Gasteiger partial charge in [-0.1, -0.05) is 83.1 Å². The molecule has 0 aromatic carbocycles. The Bertz CT molecular complexity index is 2730. The number of aliphatic hydroxyl groups is 2. The second-order valence-electron chi connectivity index (χ2n) is 26.1. The molecule has 506 valence electrons. The van der Waals surface area contributed by atoms with Gasteiger partial charge in [0.05, 0.1) is 31.3 Å². The predicted octanol–water partition coefficient (Wildman–Crippen LogP) is 8.73. The van der Waals surface area contributed by atoms with Gasteiger partial charge in [-0.2, -0.15) is 0 Å². The highest BCUT2D eigenvalue weighted by atomic mass is 16.6. The number of ether oxygens (including phenoxy) is 7. The van der Waals surface area contributed by atoms with Crippen LogP contribution >= 0.6 is 0 Å². The number of amides is 2. The maximum absolute atomic E-state index is 14.9. The minimum absolute atomic E-state index is 0.00778. The second-order valence-corrected chi connectivity index (χ2v) is 26.1. The van der Waals surface area contributed by atoms with Crippen LogP contribution in [0.15, 0.2) is 65.1 Å². The summed E-state index contributed by atoms with van der Waals surface area (Å²) >= 11 is 0. The highest BCUT2D eigenvalue weighted by Gasteiger charge is 2.53. The maximum Gasteiger partial charge on any atom is 0.329 e. The third-order valence-corrected chi connectivity index (χ3v) is 19.2. The van der Waals surface area contributed by atoms with E-state index in [4.69, 9.17) is 33.2 Å². The van der Waals surface area contributed by atoms with E-state index in [1.165, 1.54) is 12.0 Å². The molecule has 16 atom stereocenters. The molecular weight excluding hydrogens is 1170 g/mol. The fourth-order valence-electron chi connectivity index (χ4n) is 13.4. The standard InChI is InChI=1S/C68H104N8O15/c1-12-33-88-34-27-59(77)74-29-31-75(32-30-74)67-70-41-51(42-71-67)23-26-60(78)89-55-25-22-50(38-58(55)86-10)37-46(5)57-40-53(72-73-69)45(4)36-48(7)62(80)63(87-11)61(79)47(6)35-43(2)18-14-13-15-19-44(3)56(85-9)39-52-24-21-49(8)68(84,91-52)64(81)65(82)76-28-17-16-20-54(76)66(83)90-57/h13-15,18-19,36,41-43,45-47,49-50,52-58,62-63,80,84H,12,16-17,20-35,37-40H2,1-11H3/b15-13+,18-14+,44-19+,48-36+/t43-,45-,46-,47-,49-,50+,52+,53+,54+,55-,56+,57+,58-,62-,63+,68-/m1/s1. The SMILES string of the molecule is CCCOCCC(=O)N1CCN(c2ncc(CCC(=O)O[C@@H]3CC[C@@H](C[C@@H](C)[C@@H]4C[C@H](N=[N+]=[N-])[C@H](C)/C=C(\C)[C@@H](O)[C@@H](OC)C(=O)[C@H](C)C[C@H](C)/C=C/C=C/C=C(\C)[C@@H](OC)C[C@@H]5CC[C@@H](C)[C@@](O)(O5)C(=O)C(=O)N5CCCC[C@H]5C(=O)O4)C[C@H]3OC)cn2)CC1. The van der Waals surface area contributed by atoms with E-state index in [2.05, 4.69) is 20.0 Å². The number of aromatic nitrogens is 2. The molecule has 2 N–H and O–H groups in total. The van der Waals surface area contributed by atoms with Crippen LogP contribution in [-0.2, 0) is 68.3 Å². The Morgan fingerprint density at radius 2 is 1.58 bits per heavy atom. The van der Waals surface area contributed by atoms with Crippen molar-refractivity contribution in [3.8, 4) is 0 Å². The molecule has 1 aliphatic carbocycles. The molecule has 1 aromatic rings. The number of piperidine rings is 1. The number of nitrogens with zero attached hydrogens (tertiary/aromatic N) is 8. The molecule has 4 aliphatic heterocycles. The minimum Gasteiger partial charge on any atom is -0.461 e. The van der Waals surface area contributed by atoms with E-state index in [9.17, 15) is 44.5 Å². The lowest BCUT2D eigenvalue weighted by atomic mass is 9.78. The number of rotatable bonds is 17. The van der Waals surface area contributed by atoms with Gasteiger partial charge in [-0.25, -0.2) is 14.8 Å². The van der Waals surface area contributed by atoms with E-state index in [-0.39, 0.29) is 61.2 Å². The van der Waals surface area contributed by atoms with Gasteiger partial charge in [0.25, 0.3) is 11.7 Å². The van der Waals surface area contributed by atoms with E-state index in [1.807, 2.05) is 81.7 Å². The number of aliphatic hydroxyl groups excluding tert-OH is 1. The van der Waals surface area contributed by atoms with Crippen LogP contribution in [-0.4, -0.2) is 193 Å². The van der Waals surface area contributed by atoms with Crippen LogP contribution in [0, 0.1) is 35.5 Å². The average Bonchev–Trinajstić information content (AvgIpc) is 1.15. The number of hydrogen-bond acceptors (Lipinski definition) is 19. The summed E-state index contributed by atoms with van der Waals surface area (Å²) < 4.78 is 41.9. The highest BCUT2D eigenvalue weighted by Crippen LogP contribution is 2.39. The summed E-state index contributed by atoms with van der Waals surface area (Å²) in [5, 5.41) is 28.1. The van der Waals surface area contributed by atoms with Crippen LogP contribution in [0.25, 0.3) is 10.4 Å². The topological polar surface area (TPSA) is 292 Å². The lowest BCUT2D eigenvalue weighted by Crippen LogP contribution is -2.61. The molecule has 23 nitrogen and oxygen atoms in total. The minimum atomic E-state index is -2.47. The Morgan fingerprint density at radius 1 is 0.846 bits per heavy atom. The fraction of sp³-hybridized carbons (Fsp3) is 0.735. The maximum atomic E-state index is 14.9. The zero-order chi connectivity index (χ0) is 66.4. The number of piperazine rings is 1. The van der Waals surface area contributed by atoms with Gasteiger partial charge in [-0.15, -0.1) is 0 Å². The highest BCUT2D eigenvalue weighted by molar-refractivity contribution is 6.39. The van der Waals surface area contributed by atoms with E-state index in [0.717, 1.165) is 17.6 Å². The number of hydrogen-bond donors (Lipinski definition) is 2. The van der Waals surface area contributed by atoms with Crippen LogP contribution in [0.5, 0.6) is 0 Å². The molecule has 2 amide bonds. The zero-order valence-corrected chi connectivity index (χ0v) is 55.8. The molecular formula is C68H104N8O15. The average molecular weight is 1270 g/mol. The molecule has 5 heterocycles. The van der Waals surface area contributed by atoms with Crippen LogP contribution < -0.4 is 4.90 Å². The lowest BCUT2D eigenvalue weighted by molar-refractivity contribution is -0.265. The van der Waals surface area contributed by atoms with E-state index < -0.39 is 96.0 Å². The Morgan fingerprint density at radius 3 is 2.26 bits per heavy atom. The van der Waals surface area contributed by atoms with Gasteiger partial charge in [0.2, 0.25) is 17.6 Å². The summed E-state index contributed by atoms with van der Waals surface area (Å²) in [6, 6.07) is -2.03. The molecule has 91 heavy (non-hydrogen) atoms. The monoisotopic (exact) mass is 1270 g/mol. The molecule has 23 heteroatoms. The van der Waals surface area contributed by atoms with Gasteiger partial charge >= 0.3 is 11.9 Å². The van der Waals surface area contributed by atoms with Crippen molar-refractivity contribution in [1.82, 2.24) is 19.8 Å². The number of esters is 2. The lowest BCUT2D eigenvalue weighted by Gasteiger charge is -2.43. The van der Waals surface area contributed by atoms with Crippen LogP contribution in [0.3, 0.4) is 0 Å². The molecule has 4 fully saturated rings. The Labute approximate surface area is 538 Å². The van der Waals surface area contributed by atoms with Gasteiger partial charge < -0.3 is 58.1 Å². The number of Topliss-reactive ketones (excluding diaryl/α,β-unsaturated/α-hetero) is 2. The van der Waals surface area contributed by atoms with Gasteiger partial charge in [0.15, 0.2) is 5.78 Å². The normalized spacial score (nSPS) is 33.8. The quantitative estimate of drug-likeness (QED) is 0.0280. The Kier molecular flexibility index (Phi) is 29.7. The number of azide groups is 1. The van der Waals surface area contributed by atoms with Crippen molar-refractivity contribution in [1.29, 1.82) is 0 Å². The fourth-order valence-corrected chi connectivity index (χ4v) is 13.4. The van der Waals surface area contributed by atoms with Crippen LogP contribution in [0.2, 0.25) is 0 Å². The number of fused-ring (bicyclic) bond motifs is 3. The van der Waals surface area contributed by atoms with Crippen molar-refractivity contribution < 1.29 is 72.1 Å². The summed E-state index contributed by atoms with van der Waals surface area (Å²) in [4.78, 5) is 101. The van der Waals surface area contributed by atoms with Crippen molar-refractivity contribution in [2.24, 2.45) is 40.6 Å². The smallest absolute Gasteiger partial charge is 0.329 e. The number of carbonyl (C=O) groups is 6.